The molecule has 0 spiro atoms. The Bertz CT molecular complexity index is 1130. The van der Waals surface area contributed by atoms with E-state index in [0.29, 0.717) is 11.3 Å². The molecule has 0 radical (unpaired) electrons. The van der Waals surface area contributed by atoms with Gasteiger partial charge in [-0.3, -0.25) is 4.72 Å². The quantitative estimate of drug-likeness (QED) is 0.652. The molecule has 1 aliphatic heterocycles. The normalized spacial score (nSPS) is 14.7. The number of benzene rings is 2. The van der Waals surface area contributed by atoms with Gasteiger partial charge in [0.2, 0.25) is 10.0 Å². The molecule has 0 saturated carbocycles. The Kier molecular flexibility index (Phi) is 6.51. The second kappa shape index (κ2) is 8.80. The van der Waals surface area contributed by atoms with E-state index < -0.39 is 27.8 Å². The van der Waals surface area contributed by atoms with Crippen molar-refractivity contribution in [2.24, 2.45) is 0 Å². The number of carbonyl (C=O) groups is 1. The van der Waals surface area contributed by atoms with Crippen LogP contribution in [0.25, 0.3) is 5.57 Å². The van der Waals surface area contributed by atoms with Crippen molar-refractivity contribution in [3.05, 3.63) is 64.7 Å². The molecule has 2 aromatic carbocycles. The lowest BCUT2D eigenvalue weighted by atomic mass is 9.95. The molecule has 0 aromatic heterocycles. The van der Waals surface area contributed by atoms with Crippen LogP contribution in [-0.4, -0.2) is 38.7 Å². The first-order valence-electron chi connectivity index (χ1n) is 9.13. The van der Waals surface area contributed by atoms with Gasteiger partial charge in [-0.1, -0.05) is 35.9 Å². The zero-order valence-corrected chi connectivity index (χ0v) is 17.9. The molecule has 1 heterocycles. The molecule has 2 N–H and O–H groups in total. The highest BCUT2D eigenvalue weighted by Crippen LogP contribution is 2.36. The minimum Gasteiger partial charge on any atom is -0.320 e. The van der Waals surface area contributed by atoms with Crippen molar-refractivity contribution in [1.29, 1.82) is 0 Å². The molecular weight excluding hydrogens is 455 g/mol. The fourth-order valence-corrected chi connectivity index (χ4v) is 4.05. The molecule has 31 heavy (non-hydrogen) atoms. The van der Waals surface area contributed by atoms with Crippen LogP contribution in [0.3, 0.4) is 0 Å². The van der Waals surface area contributed by atoms with E-state index in [4.69, 9.17) is 11.6 Å². The van der Waals surface area contributed by atoms with Gasteiger partial charge in [-0.2, -0.15) is 13.2 Å². The third kappa shape index (κ3) is 5.92. The summed E-state index contributed by atoms with van der Waals surface area (Å²) in [6, 6.07) is 9.23. The smallest absolute Gasteiger partial charge is 0.320 e. The molecule has 6 nitrogen and oxygen atoms in total. The Morgan fingerprint density at radius 2 is 1.87 bits per heavy atom. The number of carbonyl (C=O) groups excluding carboxylic acids is 1. The number of nitrogens with one attached hydrogen (secondary N) is 2. The number of urea groups is 1. The molecule has 2 aromatic rings. The molecule has 3 rings (SSSR count). The van der Waals surface area contributed by atoms with E-state index in [1.165, 1.54) is 35.2 Å². The summed E-state index contributed by atoms with van der Waals surface area (Å²) in [5, 5.41) is 2.75. The van der Waals surface area contributed by atoms with E-state index in [9.17, 15) is 26.4 Å². The molecule has 0 unspecified atom stereocenters. The summed E-state index contributed by atoms with van der Waals surface area (Å²) in [5.41, 5.74) is 0.492. The Labute approximate surface area is 182 Å². The van der Waals surface area contributed by atoms with E-state index in [2.05, 4.69) is 10.0 Å². The van der Waals surface area contributed by atoms with E-state index in [-0.39, 0.29) is 35.8 Å². The first kappa shape index (κ1) is 23.0. The molecular formula is C20H19ClF3N3O3S. The predicted octanol–water partition coefficient (Wildman–Crippen LogP) is 5.05. The predicted molar refractivity (Wildman–Crippen MR) is 115 cm³/mol. The number of hydrogen-bond donors (Lipinski definition) is 2. The summed E-state index contributed by atoms with van der Waals surface area (Å²) < 4.78 is 64.6. The highest BCUT2D eigenvalue weighted by molar-refractivity contribution is 7.92. The van der Waals surface area contributed by atoms with Crippen molar-refractivity contribution in [3.8, 4) is 0 Å². The Hall–Kier alpha value is -2.72. The summed E-state index contributed by atoms with van der Waals surface area (Å²) in [6.07, 6.45) is -1.58. The Morgan fingerprint density at radius 3 is 2.45 bits per heavy atom. The number of anilines is 2. The maximum Gasteiger partial charge on any atom is 0.416 e. The lowest BCUT2D eigenvalue weighted by Gasteiger charge is -2.28. The highest BCUT2D eigenvalue weighted by Gasteiger charge is 2.34. The summed E-state index contributed by atoms with van der Waals surface area (Å²) in [4.78, 5) is 14.0. The molecule has 2 amide bonds. The van der Waals surface area contributed by atoms with Crippen molar-refractivity contribution in [2.45, 2.75) is 12.6 Å². The molecule has 1 aliphatic rings. The number of alkyl halides is 3. The van der Waals surface area contributed by atoms with Gasteiger partial charge in [0, 0.05) is 18.8 Å². The van der Waals surface area contributed by atoms with E-state index >= 15 is 0 Å². The molecule has 0 aliphatic carbocycles. The van der Waals surface area contributed by atoms with Crippen LogP contribution in [0, 0.1) is 0 Å². The van der Waals surface area contributed by atoms with Gasteiger partial charge in [0.25, 0.3) is 0 Å². The van der Waals surface area contributed by atoms with Crippen LogP contribution in [0.1, 0.15) is 17.5 Å². The standard InChI is InChI=1S/C20H19ClF3N3O3S/c1-31(29,30)26-18-7-6-14(12-17(18)21)25-19(28)27-10-8-13(9-11-27)15-4-2-3-5-16(15)20(22,23)24/h2-8,12,26H,9-11H2,1H3,(H,25,28). The van der Waals surface area contributed by atoms with E-state index in [1.54, 1.807) is 12.1 Å². The highest BCUT2D eigenvalue weighted by atomic mass is 35.5. The van der Waals surface area contributed by atoms with Gasteiger partial charge in [-0.05, 0) is 41.8 Å². The van der Waals surface area contributed by atoms with Crippen LogP contribution in [-0.2, 0) is 16.2 Å². The molecule has 0 fully saturated rings. The minimum absolute atomic E-state index is 0.104. The lowest BCUT2D eigenvalue weighted by Crippen LogP contribution is -2.38. The zero-order chi connectivity index (χ0) is 22.8. The van der Waals surface area contributed by atoms with Crippen molar-refractivity contribution in [2.75, 3.05) is 29.4 Å². The van der Waals surface area contributed by atoms with Crippen LogP contribution in [0.5, 0.6) is 0 Å². The third-order valence-corrected chi connectivity index (χ3v) is 5.49. The number of amides is 2. The van der Waals surface area contributed by atoms with Crippen molar-refractivity contribution in [1.82, 2.24) is 4.90 Å². The van der Waals surface area contributed by atoms with Gasteiger partial charge in [-0.25, -0.2) is 13.2 Å². The maximum absolute atomic E-state index is 13.3. The second-order valence-electron chi connectivity index (χ2n) is 6.97. The van der Waals surface area contributed by atoms with Gasteiger partial charge in [0.05, 0.1) is 22.5 Å². The van der Waals surface area contributed by atoms with Gasteiger partial charge in [0.15, 0.2) is 0 Å². The molecule has 0 atom stereocenters. The van der Waals surface area contributed by atoms with Crippen molar-refractivity contribution in [3.63, 3.8) is 0 Å². The average Bonchev–Trinajstić information content (AvgIpc) is 2.69. The summed E-state index contributed by atoms with van der Waals surface area (Å²) >= 11 is 6.05. The van der Waals surface area contributed by atoms with Crippen LogP contribution < -0.4 is 10.0 Å². The number of rotatable bonds is 4. The van der Waals surface area contributed by atoms with Crippen LogP contribution in [0.15, 0.2) is 48.5 Å². The van der Waals surface area contributed by atoms with E-state index in [1.807, 2.05) is 0 Å². The van der Waals surface area contributed by atoms with Crippen molar-refractivity contribution < 1.29 is 26.4 Å². The number of nitrogens with zero attached hydrogens (tertiary/aromatic N) is 1. The lowest BCUT2D eigenvalue weighted by molar-refractivity contribution is -0.137. The largest absolute Gasteiger partial charge is 0.416 e. The summed E-state index contributed by atoms with van der Waals surface area (Å²) in [6.45, 7) is 0.389. The second-order valence-corrected chi connectivity index (χ2v) is 9.12. The van der Waals surface area contributed by atoms with Crippen LogP contribution >= 0.6 is 11.6 Å². The Balaban J connectivity index is 1.69. The van der Waals surface area contributed by atoms with Gasteiger partial charge in [0.1, 0.15) is 0 Å². The fourth-order valence-electron chi connectivity index (χ4n) is 3.19. The molecule has 0 bridgehead atoms. The van der Waals surface area contributed by atoms with Gasteiger partial charge in [-0.15, -0.1) is 0 Å². The topological polar surface area (TPSA) is 78.5 Å². The first-order valence-corrected chi connectivity index (χ1v) is 11.4. The number of sulfonamides is 1. The molecule has 0 saturated heterocycles. The van der Waals surface area contributed by atoms with Crippen LogP contribution in [0.4, 0.5) is 29.3 Å². The minimum atomic E-state index is -4.46. The summed E-state index contributed by atoms with van der Waals surface area (Å²) in [5.74, 6) is 0. The first-order chi connectivity index (χ1) is 14.4. The Morgan fingerprint density at radius 1 is 1.16 bits per heavy atom. The molecule has 11 heteroatoms. The van der Waals surface area contributed by atoms with E-state index in [0.717, 1.165) is 12.3 Å². The molecule has 166 valence electrons. The SMILES string of the molecule is CS(=O)(=O)Nc1ccc(NC(=O)N2CC=C(c3ccccc3C(F)(F)F)CC2)cc1Cl. The maximum atomic E-state index is 13.3. The number of halogens is 4. The van der Waals surface area contributed by atoms with Gasteiger partial charge >= 0.3 is 12.2 Å². The summed E-state index contributed by atoms with van der Waals surface area (Å²) in [7, 11) is -3.50. The fraction of sp³-hybridized carbons (Fsp3) is 0.250. The zero-order valence-electron chi connectivity index (χ0n) is 16.3. The van der Waals surface area contributed by atoms with Crippen molar-refractivity contribution >= 4 is 44.6 Å². The monoisotopic (exact) mass is 473 g/mol. The van der Waals surface area contributed by atoms with Crippen LogP contribution in [0.2, 0.25) is 5.02 Å². The number of hydrogen-bond acceptors (Lipinski definition) is 3. The third-order valence-electron chi connectivity index (χ3n) is 4.59. The average molecular weight is 474 g/mol. The van der Waals surface area contributed by atoms with Gasteiger partial charge < -0.3 is 10.2 Å².